The van der Waals surface area contributed by atoms with E-state index in [4.69, 9.17) is 4.74 Å². The monoisotopic (exact) mass is 249 g/mol. The molecule has 1 aliphatic carbocycles. The van der Waals surface area contributed by atoms with E-state index in [2.05, 4.69) is 12.2 Å². The highest BCUT2D eigenvalue weighted by atomic mass is 16.5. The van der Waals surface area contributed by atoms with E-state index in [1.165, 1.54) is 12.0 Å². The van der Waals surface area contributed by atoms with Crippen LogP contribution in [0.3, 0.4) is 0 Å². The smallest absolute Gasteiger partial charge is 0.119 e. The van der Waals surface area contributed by atoms with Crippen molar-refractivity contribution in [2.24, 2.45) is 0 Å². The lowest BCUT2D eigenvalue weighted by Gasteiger charge is -2.28. The Kier molecular flexibility index (Phi) is 5.02. The third-order valence-corrected chi connectivity index (χ3v) is 3.53. The molecule has 1 unspecified atom stereocenters. The van der Waals surface area contributed by atoms with Gasteiger partial charge in [0, 0.05) is 12.6 Å². The number of ether oxygens (including phenoxy) is 1. The lowest BCUT2D eigenvalue weighted by molar-refractivity contribution is 0.0890. The second kappa shape index (κ2) is 6.76. The Labute approximate surface area is 109 Å². The Morgan fingerprint density at radius 3 is 2.67 bits per heavy atom. The third kappa shape index (κ3) is 4.00. The fourth-order valence-electron chi connectivity index (χ4n) is 2.40. The number of benzene rings is 1. The summed E-state index contributed by atoms with van der Waals surface area (Å²) in [7, 11) is 0. The molecule has 3 nitrogen and oxygen atoms in total. The molecule has 0 spiro atoms. The Balaban J connectivity index is 1.65. The summed E-state index contributed by atoms with van der Waals surface area (Å²) in [5, 5.41) is 13.2. The predicted octanol–water partition coefficient (Wildman–Crippen LogP) is 2.27. The zero-order chi connectivity index (χ0) is 12.8. The van der Waals surface area contributed by atoms with E-state index in [1.54, 1.807) is 0 Å². The molecule has 0 amide bonds. The van der Waals surface area contributed by atoms with Crippen molar-refractivity contribution in [3.63, 3.8) is 0 Å². The summed E-state index contributed by atoms with van der Waals surface area (Å²) < 4.78 is 5.64. The quantitative estimate of drug-likeness (QED) is 0.787. The summed E-state index contributed by atoms with van der Waals surface area (Å²) in [4.78, 5) is 0. The van der Waals surface area contributed by atoms with Crippen LogP contribution in [-0.2, 0) is 0 Å². The van der Waals surface area contributed by atoms with E-state index >= 15 is 0 Å². The van der Waals surface area contributed by atoms with Crippen LogP contribution in [0.2, 0.25) is 0 Å². The van der Waals surface area contributed by atoms with Gasteiger partial charge >= 0.3 is 0 Å². The van der Waals surface area contributed by atoms with Crippen LogP contribution in [0.1, 0.15) is 31.2 Å². The number of aliphatic hydroxyl groups excluding tert-OH is 1. The number of aryl methyl sites for hydroxylation is 1. The first-order valence-electron chi connectivity index (χ1n) is 6.86. The Bertz CT molecular complexity index is 350. The largest absolute Gasteiger partial charge is 0.492 e. The minimum atomic E-state index is -0.182. The van der Waals surface area contributed by atoms with Gasteiger partial charge in [0.05, 0.1) is 6.10 Å². The van der Waals surface area contributed by atoms with Crippen molar-refractivity contribution in [1.29, 1.82) is 0 Å². The van der Waals surface area contributed by atoms with Gasteiger partial charge in [0.25, 0.3) is 0 Å². The molecule has 0 radical (unpaired) electrons. The van der Waals surface area contributed by atoms with Gasteiger partial charge in [-0.05, 0) is 31.9 Å². The van der Waals surface area contributed by atoms with Crippen molar-refractivity contribution in [3.8, 4) is 5.75 Å². The van der Waals surface area contributed by atoms with Crippen LogP contribution in [-0.4, -0.2) is 30.4 Å². The molecule has 18 heavy (non-hydrogen) atoms. The van der Waals surface area contributed by atoms with Crippen LogP contribution in [0.15, 0.2) is 24.3 Å². The van der Waals surface area contributed by atoms with E-state index in [0.29, 0.717) is 6.61 Å². The molecule has 100 valence electrons. The molecule has 3 heteroatoms. The van der Waals surface area contributed by atoms with Gasteiger partial charge in [-0.2, -0.15) is 0 Å². The van der Waals surface area contributed by atoms with E-state index in [1.807, 2.05) is 24.3 Å². The van der Waals surface area contributed by atoms with Gasteiger partial charge in [0.2, 0.25) is 0 Å². The predicted molar refractivity (Wildman–Crippen MR) is 72.9 cm³/mol. The van der Waals surface area contributed by atoms with Gasteiger partial charge in [-0.25, -0.2) is 0 Å². The van der Waals surface area contributed by atoms with Gasteiger partial charge < -0.3 is 15.2 Å². The molecule has 1 saturated carbocycles. The molecular weight excluding hydrogens is 226 g/mol. The fourth-order valence-corrected chi connectivity index (χ4v) is 2.40. The first-order valence-corrected chi connectivity index (χ1v) is 6.86. The van der Waals surface area contributed by atoms with Crippen LogP contribution in [0.25, 0.3) is 0 Å². The maximum absolute atomic E-state index is 9.81. The number of aliphatic hydroxyl groups is 1. The van der Waals surface area contributed by atoms with Gasteiger partial charge in [-0.1, -0.05) is 30.5 Å². The minimum absolute atomic E-state index is 0.182. The SMILES string of the molecule is Cc1ccc(OCCNC2CCCC[C@@H]2O)cc1. The topological polar surface area (TPSA) is 41.5 Å². The van der Waals surface area contributed by atoms with Crippen molar-refractivity contribution in [3.05, 3.63) is 29.8 Å². The Hall–Kier alpha value is -1.06. The molecule has 0 heterocycles. The first-order chi connectivity index (χ1) is 8.75. The van der Waals surface area contributed by atoms with Crippen molar-refractivity contribution in [2.45, 2.75) is 44.8 Å². The minimum Gasteiger partial charge on any atom is -0.492 e. The highest BCUT2D eigenvalue weighted by molar-refractivity contribution is 5.26. The molecular formula is C15H23NO2. The summed E-state index contributed by atoms with van der Waals surface area (Å²) in [6.45, 7) is 3.50. The number of hydrogen-bond donors (Lipinski definition) is 2. The lowest BCUT2D eigenvalue weighted by atomic mass is 9.93. The van der Waals surface area contributed by atoms with Crippen molar-refractivity contribution < 1.29 is 9.84 Å². The molecule has 2 N–H and O–H groups in total. The highest BCUT2D eigenvalue weighted by Crippen LogP contribution is 2.18. The summed E-state index contributed by atoms with van der Waals surface area (Å²) in [5.74, 6) is 0.909. The maximum Gasteiger partial charge on any atom is 0.119 e. The van der Waals surface area contributed by atoms with Crippen LogP contribution < -0.4 is 10.1 Å². The van der Waals surface area contributed by atoms with Crippen LogP contribution in [0.5, 0.6) is 5.75 Å². The highest BCUT2D eigenvalue weighted by Gasteiger charge is 2.21. The van der Waals surface area contributed by atoms with E-state index in [-0.39, 0.29) is 12.1 Å². The molecule has 0 aliphatic heterocycles. The number of rotatable bonds is 5. The van der Waals surface area contributed by atoms with Crippen molar-refractivity contribution >= 4 is 0 Å². The zero-order valence-electron chi connectivity index (χ0n) is 11.1. The molecule has 0 aromatic heterocycles. The third-order valence-electron chi connectivity index (χ3n) is 3.53. The molecule has 1 aliphatic rings. The van der Waals surface area contributed by atoms with E-state index in [0.717, 1.165) is 31.6 Å². The molecule has 0 saturated heterocycles. The summed E-state index contributed by atoms with van der Waals surface area (Å²) >= 11 is 0. The number of nitrogens with one attached hydrogen (secondary N) is 1. The fraction of sp³-hybridized carbons (Fsp3) is 0.600. The zero-order valence-corrected chi connectivity index (χ0v) is 11.1. The van der Waals surface area contributed by atoms with Crippen LogP contribution >= 0.6 is 0 Å². The van der Waals surface area contributed by atoms with Gasteiger partial charge in [-0.3, -0.25) is 0 Å². The molecule has 1 aromatic carbocycles. The Morgan fingerprint density at radius 1 is 1.22 bits per heavy atom. The second-order valence-corrected chi connectivity index (χ2v) is 5.07. The normalized spacial score (nSPS) is 23.9. The maximum atomic E-state index is 9.81. The van der Waals surface area contributed by atoms with E-state index in [9.17, 15) is 5.11 Å². The standard InChI is InChI=1S/C15H23NO2/c1-12-6-8-13(9-7-12)18-11-10-16-14-4-2-3-5-15(14)17/h6-9,14-17H,2-5,10-11H2,1H3/t14?,15-/m0/s1. The molecule has 2 atom stereocenters. The van der Waals surface area contributed by atoms with Gasteiger partial charge in [0.1, 0.15) is 12.4 Å². The van der Waals surface area contributed by atoms with Gasteiger partial charge in [-0.15, -0.1) is 0 Å². The molecule has 2 rings (SSSR count). The summed E-state index contributed by atoms with van der Waals surface area (Å²) in [5.41, 5.74) is 1.24. The molecule has 0 bridgehead atoms. The summed E-state index contributed by atoms with van der Waals surface area (Å²) in [6.07, 6.45) is 4.19. The van der Waals surface area contributed by atoms with E-state index < -0.39 is 0 Å². The average molecular weight is 249 g/mol. The summed E-state index contributed by atoms with van der Waals surface area (Å²) in [6, 6.07) is 8.33. The van der Waals surface area contributed by atoms with Crippen LogP contribution in [0, 0.1) is 6.92 Å². The van der Waals surface area contributed by atoms with Crippen LogP contribution in [0.4, 0.5) is 0 Å². The number of hydrogen-bond acceptors (Lipinski definition) is 3. The second-order valence-electron chi connectivity index (χ2n) is 5.07. The molecule has 1 fully saturated rings. The molecule has 1 aromatic rings. The van der Waals surface area contributed by atoms with Crippen molar-refractivity contribution in [1.82, 2.24) is 5.32 Å². The Morgan fingerprint density at radius 2 is 1.94 bits per heavy atom. The average Bonchev–Trinajstić information content (AvgIpc) is 2.39. The van der Waals surface area contributed by atoms with Crippen molar-refractivity contribution in [2.75, 3.05) is 13.2 Å². The lowest BCUT2D eigenvalue weighted by Crippen LogP contribution is -2.43. The van der Waals surface area contributed by atoms with Gasteiger partial charge in [0.15, 0.2) is 0 Å². The first kappa shape index (κ1) is 13.4.